The second-order valence-corrected chi connectivity index (χ2v) is 8.93. The molecule has 3 aromatic rings. The molecular weight excluding hydrogens is 428 g/mol. The Morgan fingerprint density at radius 3 is 1.59 bits per heavy atom. The minimum absolute atomic E-state index is 0.142. The quantitative estimate of drug-likeness (QED) is 0.323. The molecule has 0 aromatic heterocycles. The van der Waals surface area contributed by atoms with E-state index in [1.807, 2.05) is 55.5 Å². The first-order valence-electron chi connectivity index (χ1n) is 11.9. The van der Waals surface area contributed by atoms with Gasteiger partial charge in [0.05, 0.1) is 18.7 Å². The number of hydrazine groups is 2. The van der Waals surface area contributed by atoms with Crippen LogP contribution in [0.1, 0.15) is 41.6 Å². The van der Waals surface area contributed by atoms with Crippen LogP contribution in [0.3, 0.4) is 0 Å². The average molecular weight is 461 g/mol. The fourth-order valence-corrected chi connectivity index (χ4v) is 5.49. The Morgan fingerprint density at radius 2 is 1.15 bits per heavy atom. The Morgan fingerprint density at radius 1 is 0.676 bits per heavy atom. The van der Waals surface area contributed by atoms with E-state index >= 15 is 0 Å². The van der Waals surface area contributed by atoms with Gasteiger partial charge in [-0.1, -0.05) is 72.8 Å². The number of ether oxygens (including phenoxy) is 1. The summed E-state index contributed by atoms with van der Waals surface area (Å²) >= 11 is 0. The second kappa shape index (κ2) is 10.2. The summed E-state index contributed by atoms with van der Waals surface area (Å²) in [7, 11) is 0. The van der Waals surface area contributed by atoms with E-state index in [0.717, 1.165) is 22.4 Å². The van der Waals surface area contributed by atoms with Crippen molar-refractivity contribution < 1.29 is 14.9 Å². The highest BCUT2D eigenvalue weighted by molar-refractivity contribution is 5.34. The van der Waals surface area contributed by atoms with Crippen LogP contribution in [0.25, 0.3) is 0 Å². The van der Waals surface area contributed by atoms with E-state index in [1.165, 1.54) is 0 Å². The molecule has 6 atom stereocenters. The summed E-state index contributed by atoms with van der Waals surface area (Å²) in [5.74, 6) is 0.123. The van der Waals surface area contributed by atoms with Gasteiger partial charge in [-0.25, -0.2) is 21.7 Å². The summed E-state index contributed by atoms with van der Waals surface area (Å²) in [6.07, 6.45) is -1.60. The molecule has 0 radical (unpaired) electrons. The predicted molar refractivity (Wildman–Crippen MR) is 130 cm³/mol. The van der Waals surface area contributed by atoms with E-state index in [4.69, 9.17) is 4.74 Å². The van der Waals surface area contributed by atoms with E-state index in [1.54, 1.807) is 0 Å². The summed E-state index contributed by atoms with van der Waals surface area (Å²) in [4.78, 5) is 0. The van der Waals surface area contributed by atoms with Gasteiger partial charge in [-0.15, -0.1) is 0 Å². The molecule has 2 heterocycles. The molecule has 2 aliphatic heterocycles. The molecule has 0 amide bonds. The number of rotatable bonds is 7. The highest BCUT2D eigenvalue weighted by atomic mass is 16.5. The zero-order chi connectivity index (χ0) is 23.5. The Bertz CT molecular complexity index is 989. The molecule has 3 aromatic carbocycles. The molecule has 2 aliphatic rings. The summed E-state index contributed by atoms with van der Waals surface area (Å²) in [5, 5.41) is 22.3. The van der Waals surface area contributed by atoms with Gasteiger partial charge in [0.25, 0.3) is 0 Å². The molecule has 2 fully saturated rings. The zero-order valence-corrected chi connectivity index (χ0v) is 19.1. The molecule has 0 saturated carbocycles. The van der Waals surface area contributed by atoms with Gasteiger partial charge in [-0.3, -0.25) is 0 Å². The first-order valence-corrected chi connectivity index (χ1v) is 11.9. The Balaban J connectivity index is 1.59. The Kier molecular flexibility index (Phi) is 6.92. The predicted octanol–water partition coefficient (Wildman–Crippen LogP) is 2.74. The van der Waals surface area contributed by atoms with Gasteiger partial charge in [0.2, 0.25) is 0 Å². The van der Waals surface area contributed by atoms with Crippen LogP contribution in [0.15, 0.2) is 84.9 Å². The lowest BCUT2D eigenvalue weighted by Gasteiger charge is -2.37. The first-order chi connectivity index (χ1) is 16.7. The minimum atomic E-state index is -0.800. The monoisotopic (exact) mass is 460 g/mol. The molecule has 6 unspecified atom stereocenters. The third-order valence-corrected chi connectivity index (χ3v) is 7.00. The lowest BCUT2D eigenvalue weighted by Crippen LogP contribution is -2.39. The highest BCUT2D eigenvalue weighted by Crippen LogP contribution is 2.49. The molecule has 0 bridgehead atoms. The summed E-state index contributed by atoms with van der Waals surface area (Å²) < 4.78 is 5.67. The number of hydrogen-bond donors (Lipinski definition) is 6. The van der Waals surface area contributed by atoms with Crippen molar-refractivity contribution in [3.05, 3.63) is 102 Å². The SMILES string of the molecule is CCOc1ccc(C(C2C(O)NNC2c2ccccc2)C2C(O)NNC2c2ccccc2)cc1. The zero-order valence-electron chi connectivity index (χ0n) is 19.1. The standard InChI is InChI=1S/C27H32N4O3/c1-2-34-20-15-13-17(14-16-20)21(22-24(28-30-26(22)32)18-9-5-3-6-10-18)23-25(29-31-27(23)33)19-11-7-4-8-12-19/h3-16,21-33H,2H2,1H3. The number of benzene rings is 3. The average Bonchev–Trinajstić information content (AvgIpc) is 3.45. The maximum absolute atomic E-state index is 11.2. The number of nitrogens with one attached hydrogen (secondary N) is 4. The van der Waals surface area contributed by atoms with E-state index in [9.17, 15) is 10.2 Å². The Labute approximate surface area is 200 Å². The van der Waals surface area contributed by atoms with Gasteiger partial charge in [-0.05, 0) is 35.7 Å². The maximum Gasteiger partial charge on any atom is 0.122 e. The van der Waals surface area contributed by atoms with Crippen LogP contribution in [0.5, 0.6) is 5.75 Å². The summed E-state index contributed by atoms with van der Waals surface area (Å²) in [5.41, 5.74) is 15.9. The largest absolute Gasteiger partial charge is 0.494 e. The highest BCUT2D eigenvalue weighted by Gasteiger charge is 2.50. The Hall–Kier alpha value is -2.78. The van der Waals surface area contributed by atoms with Crippen molar-refractivity contribution in [2.24, 2.45) is 11.8 Å². The van der Waals surface area contributed by atoms with E-state index in [2.05, 4.69) is 58.1 Å². The molecule has 2 saturated heterocycles. The van der Waals surface area contributed by atoms with Gasteiger partial charge < -0.3 is 14.9 Å². The fraction of sp³-hybridized carbons (Fsp3) is 0.333. The van der Waals surface area contributed by atoms with Crippen LogP contribution in [0, 0.1) is 11.8 Å². The van der Waals surface area contributed by atoms with Crippen LogP contribution in [-0.4, -0.2) is 29.3 Å². The van der Waals surface area contributed by atoms with Gasteiger partial charge in [0.15, 0.2) is 0 Å². The molecule has 34 heavy (non-hydrogen) atoms. The van der Waals surface area contributed by atoms with Crippen molar-refractivity contribution >= 4 is 0 Å². The van der Waals surface area contributed by atoms with Crippen molar-refractivity contribution in [1.82, 2.24) is 21.7 Å². The van der Waals surface area contributed by atoms with Crippen molar-refractivity contribution in [2.75, 3.05) is 6.61 Å². The minimum Gasteiger partial charge on any atom is -0.494 e. The van der Waals surface area contributed by atoms with Crippen LogP contribution >= 0.6 is 0 Å². The molecule has 0 spiro atoms. The third kappa shape index (κ3) is 4.46. The normalized spacial score (nSPS) is 29.7. The molecular formula is C27H32N4O3. The van der Waals surface area contributed by atoms with Gasteiger partial charge in [0, 0.05) is 17.8 Å². The van der Waals surface area contributed by atoms with Gasteiger partial charge >= 0.3 is 0 Å². The van der Waals surface area contributed by atoms with Crippen molar-refractivity contribution in [3.63, 3.8) is 0 Å². The van der Waals surface area contributed by atoms with Crippen molar-refractivity contribution in [3.8, 4) is 5.75 Å². The van der Waals surface area contributed by atoms with Crippen molar-refractivity contribution in [2.45, 2.75) is 37.4 Å². The van der Waals surface area contributed by atoms with E-state index in [0.29, 0.717) is 6.61 Å². The smallest absolute Gasteiger partial charge is 0.122 e. The van der Waals surface area contributed by atoms with E-state index in [-0.39, 0.29) is 29.8 Å². The lowest BCUT2D eigenvalue weighted by atomic mass is 9.69. The molecule has 7 heteroatoms. The van der Waals surface area contributed by atoms with Crippen LogP contribution in [-0.2, 0) is 0 Å². The first kappa shape index (κ1) is 23.0. The molecule has 7 nitrogen and oxygen atoms in total. The van der Waals surface area contributed by atoms with Crippen molar-refractivity contribution in [1.29, 1.82) is 0 Å². The third-order valence-electron chi connectivity index (χ3n) is 7.00. The van der Waals surface area contributed by atoms with Crippen LogP contribution in [0.4, 0.5) is 0 Å². The van der Waals surface area contributed by atoms with Crippen LogP contribution in [0.2, 0.25) is 0 Å². The second-order valence-electron chi connectivity index (χ2n) is 8.93. The van der Waals surface area contributed by atoms with Gasteiger partial charge in [-0.2, -0.15) is 0 Å². The van der Waals surface area contributed by atoms with Gasteiger partial charge in [0.1, 0.15) is 18.2 Å². The number of aliphatic hydroxyl groups excluding tert-OH is 2. The maximum atomic E-state index is 11.2. The molecule has 0 aliphatic carbocycles. The topological polar surface area (TPSA) is 97.8 Å². The summed E-state index contributed by atoms with van der Waals surface area (Å²) in [6.45, 7) is 2.56. The van der Waals surface area contributed by atoms with Crippen LogP contribution < -0.4 is 26.4 Å². The number of hydrogen-bond acceptors (Lipinski definition) is 7. The molecule has 178 valence electrons. The molecule has 5 rings (SSSR count). The number of aliphatic hydroxyl groups is 2. The summed E-state index contributed by atoms with van der Waals surface area (Å²) in [6, 6.07) is 28.0. The fourth-order valence-electron chi connectivity index (χ4n) is 5.49. The lowest BCUT2D eigenvalue weighted by molar-refractivity contribution is 0.0370. The molecule has 6 N–H and O–H groups in total. The van der Waals surface area contributed by atoms with E-state index < -0.39 is 12.5 Å².